The van der Waals surface area contributed by atoms with Crippen LogP contribution in [0.15, 0.2) is 60.7 Å². The monoisotopic (exact) mass is 628 g/mol. The molecule has 0 bridgehead atoms. The molecule has 0 nitrogen and oxygen atoms in total. The standard InChI is InChI=1S/2C16H21Si.C2H4.2ClH.Ti/c2*1-2-3-11-17(12-6-13-17)16-10-9-14-7-4-5-8-15(14)16;1-2;;;/h2*4-5,7-10H,2-3,6,11-13H2,1H3;1H,2H3;2*1H;/q;;;;;+2/p-2. The summed E-state index contributed by atoms with van der Waals surface area (Å²) in [6, 6.07) is 26.8. The van der Waals surface area contributed by atoms with Crippen LogP contribution in [-0.4, -0.2) is 20.5 Å². The molecule has 39 heavy (non-hydrogen) atoms. The van der Waals surface area contributed by atoms with Crippen molar-refractivity contribution in [3.8, 4) is 0 Å². The predicted octanol–water partition coefficient (Wildman–Crippen LogP) is 11.0. The van der Waals surface area contributed by atoms with E-state index in [1.165, 1.54) is 97.0 Å². The Morgan fingerprint density at radius 1 is 0.718 bits per heavy atom. The van der Waals surface area contributed by atoms with Crippen molar-refractivity contribution >= 4 is 51.2 Å². The summed E-state index contributed by atoms with van der Waals surface area (Å²) in [5.74, 6) is 0. The fourth-order valence-corrected chi connectivity index (χ4v) is 56.7. The van der Waals surface area contributed by atoms with E-state index in [1.807, 2.05) is 0 Å². The second kappa shape index (κ2) is 10.1. The molecule has 0 saturated carbocycles. The van der Waals surface area contributed by atoms with Crippen molar-refractivity contribution in [1.29, 1.82) is 0 Å². The molecule has 2 heterocycles. The number of hydrogen-bond donors (Lipinski definition) is 0. The van der Waals surface area contributed by atoms with Crippen molar-refractivity contribution < 1.29 is 12.7 Å². The first-order chi connectivity index (χ1) is 18.8. The molecule has 0 radical (unpaired) electrons. The molecule has 0 N–H and O–H groups in total. The van der Waals surface area contributed by atoms with Gasteiger partial charge in [0.25, 0.3) is 0 Å². The van der Waals surface area contributed by atoms with E-state index in [2.05, 4.69) is 97.9 Å². The maximum absolute atomic E-state index is 8.98. The first kappa shape index (κ1) is 28.6. The van der Waals surface area contributed by atoms with Crippen LogP contribution in [0.1, 0.15) is 81.5 Å². The first-order valence-electron chi connectivity index (χ1n) is 15.8. The molecule has 2 unspecified atom stereocenters. The normalized spacial score (nSPS) is 27.9. The Bertz CT molecular complexity index is 1300. The Labute approximate surface area is 247 Å². The molecule has 2 aliphatic carbocycles. The van der Waals surface area contributed by atoms with E-state index in [-0.39, 0.29) is 6.69 Å². The van der Waals surface area contributed by atoms with E-state index in [0.717, 1.165) is 0 Å². The molecule has 4 aliphatic rings. The van der Waals surface area contributed by atoms with Crippen LogP contribution in [0.3, 0.4) is 0 Å². The molecular weight excluding hydrogens is 583 g/mol. The van der Waals surface area contributed by atoms with Crippen molar-refractivity contribution in [1.82, 2.24) is 0 Å². The Morgan fingerprint density at radius 3 is 1.46 bits per heavy atom. The third-order valence-electron chi connectivity index (χ3n) is 12.1. The third kappa shape index (κ3) is 3.43. The van der Waals surface area contributed by atoms with Crippen LogP contribution in [0.5, 0.6) is 0 Å². The average molecular weight is 630 g/mol. The van der Waals surface area contributed by atoms with Crippen molar-refractivity contribution in [2.75, 3.05) is 0 Å². The molecule has 2 aliphatic heterocycles. The van der Waals surface area contributed by atoms with Gasteiger partial charge in [0.15, 0.2) is 0 Å². The third-order valence-corrected chi connectivity index (χ3v) is 50.2. The second-order valence-corrected chi connectivity index (χ2v) is 38.6. The van der Waals surface area contributed by atoms with E-state index >= 15 is 0 Å². The molecule has 2 saturated heterocycles. The Balaban J connectivity index is 1.75. The van der Waals surface area contributed by atoms with E-state index in [1.54, 1.807) is 0 Å². The molecular formula is C34H46Cl2Si2Ti. The van der Waals surface area contributed by atoms with Crippen LogP contribution in [-0.2, 0) is 19.4 Å². The van der Waals surface area contributed by atoms with Gasteiger partial charge in [0.1, 0.15) is 0 Å². The Hall–Kier alpha value is -0.482. The van der Waals surface area contributed by atoms with E-state index < -0.39 is 28.9 Å². The summed E-state index contributed by atoms with van der Waals surface area (Å²) in [7, 11) is 14.2. The van der Waals surface area contributed by atoms with Crippen LogP contribution >= 0.6 is 18.6 Å². The zero-order valence-electron chi connectivity index (χ0n) is 24.2. The number of benzene rings is 2. The van der Waals surface area contributed by atoms with Gasteiger partial charge < -0.3 is 0 Å². The number of hydrogen-bond acceptors (Lipinski definition) is 0. The fourth-order valence-electron chi connectivity index (χ4n) is 10.00. The van der Waals surface area contributed by atoms with Gasteiger partial charge in [-0.3, -0.25) is 0 Å². The average Bonchev–Trinajstić information content (AvgIpc) is 3.50. The number of fused-ring (bicyclic) bond motifs is 2. The first-order valence-corrected chi connectivity index (χ1v) is 27.8. The number of halogens is 2. The van der Waals surface area contributed by atoms with Gasteiger partial charge in [-0.15, -0.1) is 0 Å². The van der Waals surface area contributed by atoms with Gasteiger partial charge in [-0.1, -0.05) is 0 Å². The zero-order chi connectivity index (χ0) is 27.4. The summed E-state index contributed by atoms with van der Waals surface area (Å²) >= 11 is -4.78. The van der Waals surface area contributed by atoms with Crippen LogP contribution in [0.25, 0.3) is 12.2 Å². The maximum atomic E-state index is 8.98. The summed E-state index contributed by atoms with van der Waals surface area (Å²) in [5, 5.41) is 0. The van der Waals surface area contributed by atoms with Crippen LogP contribution < -0.4 is 0 Å². The molecule has 5 heteroatoms. The SMILES string of the molecule is C[CH]=[Ti]([Cl])([Cl])([C]1([Si]2(CCCC)CCC2)C=Cc2ccccc21)[C]1([Si]2(CCCC)CCC2)C=Cc2ccccc21. The number of rotatable bonds is 10. The number of allylic oxidation sites excluding steroid dienone is 2. The summed E-state index contributed by atoms with van der Waals surface area (Å²) in [5.41, 5.74) is 5.77. The molecule has 208 valence electrons. The van der Waals surface area contributed by atoms with Gasteiger partial charge in [0, 0.05) is 0 Å². The number of unbranched alkanes of at least 4 members (excludes halogenated alkanes) is 2. The van der Waals surface area contributed by atoms with Crippen LogP contribution in [0.4, 0.5) is 0 Å². The predicted molar refractivity (Wildman–Crippen MR) is 177 cm³/mol. The quantitative estimate of drug-likeness (QED) is 0.230. The van der Waals surface area contributed by atoms with Crippen LogP contribution in [0, 0.1) is 0 Å². The molecule has 2 aromatic carbocycles. The van der Waals surface area contributed by atoms with Crippen molar-refractivity contribution in [2.24, 2.45) is 0 Å². The Kier molecular flexibility index (Phi) is 7.39. The summed E-state index contributed by atoms with van der Waals surface area (Å²) in [6.07, 6.45) is 18.0. The molecule has 2 fully saturated rings. The molecule has 2 atom stereocenters. The van der Waals surface area contributed by atoms with Gasteiger partial charge in [0.05, 0.1) is 0 Å². The van der Waals surface area contributed by atoms with Gasteiger partial charge in [-0.05, 0) is 0 Å². The van der Waals surface area contributed by atoms with E-state index in [0.29, 0.717) is 0 Å². The van der Waals surface area contributed by atoms with Gasteiger partial charge in [-0.25, -0.2) is 0 Å². The van der Waals surface area contributed by atoms with E-state index in [9.17, 15) is 0 Å². The minimum atomic E-state index is -4.78. The summed E-state index contributed by atoms with van der Waals surface area (Å²) < 4.78 is 2.18. The van der Waals surface area contributed by atoms with Gasteiger partial charge >= 0.3 is 249 Å². The molecule has 2 aromatic rings. The molecule has 6 rings (SSSR count). The van der Waals surface area contributed by atoms with Crippen LogP contribution in [0.2, 0.25) is 36.3 Å². The second-order valence-electron chi connectivity index (χ2n) is 13.3. The Morgan fingerprint density at radius 2 is 1.13 bits per heavy atom. The van der Waals surface area contributed by atoms with Gasteiger partial charge in [0.2, 0.25) is 0 Å². The summed E-state index contributed by atoms with van der Waals surface area (Å²) in [6.45, 7) is 7.02. The van der Waals surface area contributed by atoms with Crippen molar-refractivity contribution in [2.45, 2.75) is 102 Å². The fraction of sp³-hybridized carbons (Fsp3) is 0.500. The molecule has 0 spiro atoms. The minimum absolute atomic E-state index is 0.171. The van der Waals surface area contributed by atoms with E-state index in [4.69, 9.17) is 18.6 Å². The topological polar surface area (TPSA) is 0 Å². The molecule has 0 aromatic heterocycles. The molecule has 0 amide bonds. The van der Waals surface area contributed by atoms with Gasteiger partial charge in [-0.2, -0.15) is 0 Å². The van der Waals surface area contributed by atoms with Crippen molar-refractivity contribution in [3.05, 3.63) is 82.9 Å². The zero-order valence-corrected chi connectivity index (χ0v) is 29.3. The summed E-state index contributed by atoms with van der Waals surface area (Å²) in [4.78, 5) is 0. The van der Waals surface area contributed by atoms with Crippen molar-refractivity contribution in [3.63, 3.8) is 0 Å².